The minimum Gasteiger partial charge on any atom is -0.493 e. The van der Waals surface area contributed by atoms with Gasteiger partial charge in [-0.3, -0.25) is 5.43 Å². The van der Waals surface area contributed by atoms with Gasteiger partial charge in [0.2, 0.25) is 0 Å². The molecule has 0 saturated carbocycles. The lowest BCUT2D eigenvalue weighted by Gasteiger charge is -2.12. The predicted octanol–water partition coefficient (Wildman–Crippen LogP) is 3.53. The fourth-order valence-electron chi connectivity index (χ4n) is 2.31. The van der Waals surface area contributed by atoms with Gasteiger partial charge in [-0.15, -0.1) is 0 Å². The Morgan fingerprint density at radius 2 is 1.96 bits per heavy atom. The summed E-state index contributed by atoms with van der Waals surface area (Å²) in [6.45, 7) is 4.00. The summed E-state index contributed by atoms with van der Waals surface area (Å²) in [4.78, 5) is 0. The number of hydrogen-bond donors (Lipinski definition) is 2. The van der Waals surface area contributed by atoms with Gasteiger partial charge < -0.3 is 14.8 Å². The summed E-state index contributed by atoms with van der Waals surface area (Å²) in [5.41, 5.74) is 6.78. The molecule has 0 saturated heterocycles. The molecule has 2 rings (SSSR count). The number of nitriles is 1. The van der Waals surface area contributed by atoms with Gasteiger partial charge in [0, 0.05) is 5.69 Å². The lowest BCUT2D eigenvalue weighted by Crippen LogP contribution is -2.24. The van der Waals surface area contributed by atoms with Crippen LogP contribution >= 0.6 is 12.2 Å². The smallest absolute Gasteiger partial charge is 0.191 e. The monoisotopic (exact) mass is 368 g/mol. The molecule has 0 amide bonds. The van der Waals surface area contributed by atoms with E-state index in [2.05, 4.69) is 15.8 Å². The SMILES string of the molecule is COc1cc(/C=N/NC(=S)Nc2c(C)cccc2C)ccc1OCC#N. The maximum absolute atomic E-state index is 8.59. The number of anilines is 1. The number of ether oxygens (including phenoxy) is 2. The molecule has 6 nitrogen and oxygen atoms in total. The Bertz CT molecular complexity index is 839. The van der Waals surface area contributed by atoms with Crippen molar-refractivity contribution in [3.63, 3.8) is 0 Å². The van der Waals surface area contributed by atoms with E-state index >= 15 is 0 Å². The van der Waals surface area contributed by atoms with Crippen LogP contribution in [0.5, 0.6) is 11.5 Å². The molecule has 0 aliphatic rings. The molecule has 0 aliphatic carbocycles. The third-order valence-electron chi connectivity index (χ3n) is 3.58. The van der Waals surface area contributed by atoms with Crippen LogP contribution in [-0.2, 0) is 0 Å². The summed E-state index contributed by atoms with van der Waals surface area (Å²) in [6.07, 6.45) is 1.62. The lowest BCUT2D eigenvalue weighted by molar-refractivity contribution is 0.329. The summed E-state index contributed by atoms with van der Waals surface area (Å²) in [5, 5.41) is 16.3. The van der Waals surface area contributed by atoms with Gasteiger partial charge in [0.05, 0.1) is 13.3 Å². The van der Waals surface area contributed by atoms with E-state index in [1.807, 2.05) is 44.2 Å². The molecule has 0 radical (unpaired) electrons. The number of nitrogens with one attached hydrogen (secondary N) is 2. The van der Waals surface area contributed by atoms with Crippen LogP contribution < -0.4 is 20.2 Å². The number of benzene rings is 2. The van der Waals surface area contributed by atoms with E-state index < -0.39 is 0 Å². The normalized spacial score (nSPS) is 10.2. The second-order valence-electron chi connectivity index (χ2n) is 5.45. The first kappa shape index (κ1) is 19.2. The van der Waals surface area contributed by atoms with Crippen LogP contribution in [0, 0.1) is 25.2 Å². The van der Waals surface area contributed by atoms with Crippen molar-refractivity contribution in [3.05, 3.63) is 53.1 Å². The van der Waals surface area contributed by atoms with E-state index in [-0.39, 0.29) is 6.61 Å². The van der Waals surface area contributed by atoms with Crippen molar-refractivity contribution in [3.8, 4) is 17.6 Å². The number of rotatable bonds is 6. The Morgan fingerprint density at radius 3 is 2.62 bits per heavy atom. The van der Waals surface area contributed by atoms with E-state index in [0.29, 0.717) is 16.6 Å². The summed E-state index contributed by atoms with van der Waals surface area (Å²) in [7, 11) is 1.54. The van der Waals surface area contributed by atoms with Gasteiger partial charge in [0.15, 0.2) is 23.2 Å². The van der Waals surface area contributed by atoms with Gasteiger partial charge in [0.25, 0.3) is 0 Å². The molecule has 134 valence electrons. The quantitative estimate of drug-likeness (QED) is 0.461. The Kier molecular flexibility index (Phi) is 6.94. The first-order chi connectivity index (χ1) is 12.5. The molecule has 0 aliphatic heterocycles. The minimum absolute atomic E-state index is 0.0381. The Hall–Kier alpha value is -3.11. The molecule has 0 fully saturated rings. The zero-order chi connectivity index (χ0) is 18.9. The molecule has 0 bridgehead atoms. The van der Waals surface area contributed by atoms with Crippen LogP contribution in [0.1, 0.15) is 16.7 Å². The number of thiocarbonyl (C=S) groups is 1. The Labute approximate surface area is 158 Å². The standard InChI is InChI=1S/C19H20N4O2S/c1-13-5-4-6-14(2)18(13)22-19(26)23-21-12-15-7-8-16(25-10-9-20)17(11-15)24-3/h4-8,11-12H,10H2,1-3H3,(H2,22,23,26)/b21-12+. The van der Waals surface area contributed by atoms with Crippen molar-refractivity contribution in [2.24, 2.45) is 5.10 Å². The lowest BCUT2D eigenvalue weighted by atomic mass is 10.1. The van der Waals surface area contributed by atoms with Crippen molar-refractivity contribution in [2.45, 2.75) is 13.8 Å². The van der Waals surface area contributed by atoms with Crippen molar-refractivity contribution in [1.82, 2.24) is 5.43 Å². The van der Waals surface area contributed by atoms with Gasteiger partial charge in [-0.1, -0.05) is 18.2 Å². The highest BCUT2D eigenvalue weighted by atomic mass is 32.1. The van der Waals surface area contributed by atoms with Crippen LogP contribution in [0.25, 0.3) is 0 Å². The molecule has 0 heterocycles. The Morgan fingerprint density at radius 1 is 1.23 bits per heavy atom. The molecule has 0 atom stereocenters. The fraction of sp³-hybridized carbons (Fsp3) is 0.211. The molecule has 2 aromatic rings. The number of hydrazone groups is 1. The summed E-state index contributed by atoms with van der Waals surface area (Å²) in [5.74, 6) is 1.03. The van der Waals surface area contributed by atoms with Crippen LogP contribution in [-0.4, -0.2) is 25.0 Å². The van der Waals surface area contributed by atoms with E-state index in [4.69, 9.17) is 27.0 Å². The van der Waals surface area contributed by atoms with Crippen LogP contribution in [0.15, 0.2) is 41.5 Å². The van der Waals surface area contributed by atoms with Crippen LogP contribution in [0.3, 0.4) is 0 Å². The maximum atomic E-state index is 8.59. The molecule has 26 heavy (non-hydrogen) atoms. The first-order valence-corrected chi connectivity index (χ1v) is 8.30. The van der Waals surface area contributed by atoms with Gasteiger partial charge in [-0.25, -0.2) is 0 Å². The zero-order valence-electron chi connectivity index (χ0n) is 14.9. The highest BCUT2D eigenvalue weighted by Crippen LogP contribution is 2.27. The van der Waals surface area contributed by atoms with Crippen molar-refractivity contribution in [1.29, 1.82) is 5.26 Å². The van der Waals surface area contributed by atoms with E-state index in [1.54, 1.807) is 18.3 Å². The molecule has 7 heteroatoms. The average Bonchev–Trinajstić information content (AvgIpc) is 2.63. The van der Waals surface area contributed by atoms with Crippen molar-refractivity contribution >= 4 is 29.2 Å². The van der Waals surface area contributed by atoms with Crippen molar-refractivity contribution in [2.75, 3.05) is 19.0 Å². The largest absolute Gasteiger partial charge is 0.493 e. The topological polar surface area (TPSA) is 78.7 Å². The molecule has 0 spiro atoms. The highest BCUT2D eigenvalue weighted by Gasteiger charge is 2.05. The van der Waals surface area contributed by atoms with Crippen LogP contribution in [0.4, 0.5) is 5.69 Å². The second kappa shape index (κ2) is 9.39. The van der Waals surface area contributed by atoms with Crippen LogP contribution in [0.2, 0.25) is 0 Å². The van der Waals surface area contributed by atoms with Gasteiger partial charge in [-0.05, 0) is 61.0 Å². The second-order valence-corrected chi connectivity index (χ2v) is 5.86. The van der Waals surface area contributed by atoms with E-state index in [1.165, 1.54) is 7.11 Å². The molecule has 0 unspecified atom stereocenters. The fourth-order valence-corrected chi connectivity index (χ4v) is 2.47. The number of para-hydroxylation sites is 1. The van der Waals surface area contributed by atoms with Gasteiger partial charge in [-0.2, -0.15) is 10.4 Å². The molecule has 2 N–H and O–H groups in total. The number of nitrogens with zero attached hydrogens (tertiary/aromatic N) is 2. The Balaban J connectivity index is 1.99. The summed E-state index contributed by atoms with van der Waals surface area (Å²) < 4.78 is 10.5. The summed E-state index contributed by atoms with van der Waals surface area (Å²) >= 11 is 5.28. The number of methoxy groups -OCH3 is 1. The van der Waals surface area contributed by atoms with Crippen molar-refractivity contribution < 1.29 is 9.47 Å². The molecule has 0 aromatic heterocycles. The third kappa shape index (κ3) is 5.19. The minimum atomic E-state index is -0.0381. The highest BCUT2D eigenvalue weighted by molar-refractivity contribution is 7.80. The van der Waals surface area contributed by atoms with E-state index in [9.17, 15) is 0 Å². The summed E-state index contributed by atoms with van der Waals surface area (Å²) in [6, 6.07) is 13.3. The molecular formula is C19H20N4O2S. The predicted molar refractivity (Wildman–Crippen MR) is 107 cm³/mol. The third-order valence-corrected chi connectivity index (χ3v) is 3.77. The number of hydrogen-bond acceptors (Lipinski definition) is 5. The average molecular weight is 368 g/mol. The first-order valence-electron chi connectivity index (χ1n) is 7.89. The molecule has 2 aromatic carbocycles. The maximum Gasteiger partial charge on any atom is 0.191 e. The number of aryl methyl sites for hydroxylation is 2. The van der Waals surface area contributed by atoms with E-state index in [0.717, 1.165) is 22.4 Å². The zero-order valence-corrected chi connectivity index (χ0v) is 15.7. The van der Waals surface area contributed by atoms with Gasteiger partial charge >= 0.3 is 0 Å². The van der Waals surface area contributed by atoms with Gasteiger partial charge in [0.1, 0.15) is 6.07 Å². The molecular weight excluding hydrogens is 348 g/mol.